The molecule has 0 aliphatic heterocycles. The summed E-state index contributed by atoms with van der Waals surface area (Å²) in [6, 6.07) is 0.419. The first-order chi connectivity index (χ1) is 8.49. The molecule has 0 aromatic carbocycles. The van der Waals surface area contributed by atoms with Gasteiger partial charge in [0, 0.05) is 31.2 Å². The zero-order valence-corrected chi connectivity index (χ0v) is 12.0. The largest absolute Gasteiger partial charge is 0.353 e. The van der Waals surface area contributed by atoms with Crippen molar-refractivity contribution in [3.05, 3.63) is 23.5 Å². The van der Waals surface area contributed by atoms with Crippen LogP contribution in [0.4, 0.5) is 0 Å². The maximum Gasteiger partial charge on any atom is 0.149 e. The van der Waals surface area contributed by atoms with Gasteiger partial charge in [0.15, 0.2) is 0 Å². The predicted octanol–water partition coefficient (Wildman–Crippen LogP) is 1.52. The van der Waals surface area contributed by atoms with Crippen molar-refractivity contribution < 1.29 is 8.42 Å². The quantitative estimate of drug-likeness (QED) is 0.844. The lowest BCUT2D eigenvalue weighted by molar-refractivity contribution is 0.530. The first-order valence-corrected chi connectivity index (χ1v) is 8.59. The summed E-state index contributed by atoms with van der Waals surface area (Å²) in [4.78, 5) is 0. The van der Waals surface area contributed by atoms with Gasteiger partial charge in [-0.25, -0.2) is 8.42 Å². The molecule has 0 radical (unpaired) electrons. The minimum atomic E-state index is -2.89. The van der Waals surface area contributed by atoms with Gasteiger partial charge in [0.25, 0.3) is 0 Å². The summed E-state index contributed by atoms with van der Waals surface area (Å²) in [5.74, 6) is 0.213. The van der Waals surface area contributed by atoms with Crippen molar-refractivity contribution >= 4 is 9.84 Å². The third kappa shape index (κ3) is 3.36. The summed E-state index contributed by atoms with van der Waals surface area (Å²) in [6.07, 6.45) is 10.3. The number of nitrogens with zero attached hydrogens (tertiary/aromatic N) is 1. The number of sulfone groups is 1. The molecule has 0 amide bonds. The molecule has 1 heterocycles. The van der Waals surface area contributed by atoms with Crippen LogP contribution in [0, 0.1) is 0 Å². The predicted molar refractivity (Wildman–Crippen MR) is 73.5 cm³/mol. The molecule has 0 spiro atoms. The molecule has 2 rings (SSSR count). The number of hydrogen-bond donors (Lipinski definition) is 1. The lowest BCUT2D eigenvalue weighted by Gasteiger charge is -2.13. The van der Waals surface area contributed by atoms with E-state index in [1.54, 1.807) is 0 Å². The van der Waals surface area contributed by atoms with Crippen molar-refractivity contribution in [3.63, 3.8) is 0 Å². The summed E-state index contributed by atoms with van der Waals surface area (Å²) >= 11 is 0. The molecule has 0 bridgehead atoms. The third-order valence-electron chi connectivity index (χ3n) is 3.63. The highest BCUT2D eigenvalue weighted by atomic mass is 32.2. The average Bonchev–Trinajstić information content (AvgIpc) is 2.60. The molecule has 1 aromatic rings. The van der Waals surface area contributed by atoms with E-state index in [0.717, 1.165) is 6.42 Å². The normalized spacial score (nSPS) is 20.4. The molecule has 1 N–H and O–H groups in total. The van der Waals surface area contributed by atoms with E-state index in [1.807, 2.05) is 11.6 Å². The molecule has 0 fully saturated rings. The molecule has 102 valence electrons. The zero-order valence-electron chi connectivity index (χ0n) is 11.1. The van der Waals surface area contributed by atoms with Gasteiger partial charge in [-0.15, -0.1) is 0 Å². The van der Waals surface area contributed by atoms with Crippen LogP contribution in [0.1, 0.15) is 36.4 Å². The topological polar surface area (TPSA) is 51.1 Å². The first kappa shape index (κ1) is 13.6. The molecule has 1 aromatic heterocycles. The van der Waals surface area contributed by atoms with Gasteiger partial charge in [-0.3, -0.25) is 0 Å². The second-order valence-corrected chi connectivity index (χ2v) is 7.45. The van der Waals surface area contributed by atoms with Crippen LogP contribution in [0.15, 0.2) is 12.4 Å². The molecule has 18 heavy (non-hydrogen) atoms. The van der Waals surface area contributed by atoms with E-state index in [4.69, 9.17) is 0 Å². The van der Waals surface area contributed by atoms with Crippen molar-refractivity contribution in [2.75, 3.05) is 19.1 Å². The molecule has 4 nitrogen and oxygen atoms in total. The molecule has 1 atom stereocenters. The van der Waals surface area contributed by atoms with E-state index in [-0.39, 0.29) is 5.75 Å². The van der Waals surface area contributed by atoms with Gasteiger partial charge in [-0.1, -0.05) is 6.42 Å². The Morgan fingerprint density at radius 3 is 2.83 bits per heavy atom. The summed E-state index contributed by atoms with van der Waals surface area (Å²) in [7, 11) is -0.893. The van der Waals surface area contributed by atoms with E-state index in [2.05, 4.69) is 17.7 Å². The summed E-state index contributed by atoms with van der Waals surface area (Å²) in [5.41, 5.74) is 2.73. The van der Waals surface area contributed by atoms with Gasteiger partial charge in [-0.2, -0.15) is 0 Å². The Balaban J connectivity index is 2.16. The summed E-state index contributed by atoms with van der Waals surface area (Å²) in [5, 5.41) is 3.35. The maximum absolute atomic E-state index is 11.2. The lowest BCUT2D eigenvalue weighted by atomic mass is 10.1. The third-order valence-corrected chi connectivity index (χ3v) is 4.55. The van der Waals surface area contributed by atoms with Crippen molar-refractivity contribution in [2.24, 2.45) is 0 Å². The minimum Gasteiger partial charge on any atom is -0.353 e. The van der Waals surface area contributed by atoms with E-state index in [0.29, 0.717) is 12.6 Å². The molecular weight excluding hydrogens is 248 g/mol. The smallest absolute Gasteiger partial charge is 0.149 e. The van der Waals surface area contributed by atoms with Crippen LogP contribution in [-0.2, 0) is 22.8 Å². The van der Waals surface area contributed by atoms with Gasteiger partial charge >= 0.3 is 0 Å². The fourth-order valence-electron chi connectivity index (χ4n) is 2.62. The number of nitrogens with one attached hydrogen (secondary N) is 1. The van der Waals surface area contributed by atoms with E-state index < -0.39 is 9.84 Å². The highest BCUT2D eigenvalue weighted by Gasteiger charge is 2.19. The molecule has 0 saturated carbocycles. The molecule has 0 saturated heterocycles. The van der Waals surface area contributed by atoms with Gasteiger partial charge in [0.2, 0.25) is 0 Å². The minimum absolute atomic E-state index is 0.213. The monoisotopic (exact) mass is 270 g/mol. The first-order valence-electron chi connectivity index (χ1n) is 6.53. The van der Waals surface area contributed by atoms with Crippen molar-refractivity contribution in [1.29, 1.82) is 0 Å². The standard InChI is InChI=1S/C13H22N2O2S/c1-14-13-6-4-3-5-11-9-15(10-12(11)13)7-8-18(2,16)17/h9-10,13-14H,3-8H2,1-2H3. The Morgan fingerprint density at radius 2 is 2.17 bits per heavy atom. The fraction of sp³-hybridized carbons (Fsp3) is 0.692. The van der Waals surface area contributed by atoms with Crippen LogP contribution in [0.25, 0.3) is 0 Å². The van der Waals surface area contributed by atoms with E-state index >= 15 is 0 Å². The Labute approximate surface area is 109 Å². The van der Waals surface area contributed by atoms with Crippen molar-refractivity contribution in [3.8, 4) is 0 Å². The average molecular weight is 270 g/mol. The fourth-order valence-corrected chi connectivity index (χ4v) is 3.16. The van der Waals surface area contributed by atoms with Crippen LogP contribution in [0.3, 0.4) is 0 Å². The second-order valence-electron chi connectivity index (χ2n) is 5.19. The number of hydrogen-bond acceptors (Lipinski definition) is 3. The second kappa shape index (κ2) is 5.45. The number of aryl methyl sites for hydroxylation is 2. The van der Waals surface area contributed by atoms with Crippen molar-refractivity contribution in [1.82, 2.24) is 9.88 Å². The van der Waals surface area contributed by atoms with Crippen LogP contribution >= 0.6 is 0 Å². The maximum atomic E-state index is 11.2. The SMILES string of the molecule is CNC1CCCCc2cn(CCS(C)(=O)=O)cc21. The van der Waals surface area contributed by atoms with Crippen molar-refractivity contribution in [2.45, 2.75) is 38.3 Å². The van der Waals surface area contributed by atoms with Crippen LogP contribution in [0.5, 0.6) is 0 Å². The summed E-state index contributed by atoms with van der Waals surface area (Å²) < 4.78 is 24.4. The van der Waals surface area contributed by atoms with Gasteiger partial charge in [0.1, 0.15) is 9.84 Å². The zero-order chi connectivity index (χ0) is 13.2. The highest BCUT2D eigenvalue weighted by molar-refractivity contribution is 7.90. The Hall–Kier alpha value is -0.810. The Kier molecular flexibility index (Phi) is 4.12. The molecular formula is C13H22N2O2S. The Morgan fingerprint density at radius 1 is 1.39 bits per heavy atom. The molecule has 5 heteroatoms. The number of fused-ring (bicyclic) bond motifs is 1. The highest BCUT2D eigenvalue weighted by Crippen LogP contribution is 2.29. The Bertz CT molecular complexity index is 505. The molecule has 1 aliphatic carbocycles. The molecule has 1 unspecified atom stereocenters. The van der Waals surface area contributed by atoms with E-state index in [1.165, 1.54) is 36.6 Å². The van der Waals surface area contributed by atoms with Gasteiger partial charge in [-0.05, 0) is 37.4 Å². The molecule has 1 aliphatic rings. The van der Waals surface area contributed by atoms with Crippen LogP contribution in [0.2, 0.25) is 0 Å². The van der Waals surface area contributed by atoms with Crippen LogP contribution < -0.4 is 5.32 Å². The van der Waals surface area contributed by atoms with E-state index in [9.17, 15) is 8.42 Å². The number of rotatable bonds is 4. The van der Waals surface area contributed by atoms with Gasteiger partial charge in [0.05, 0.1) is 5.75 Å². The number of aromatic nitrogens is 1. The van der Waals surface area contributed by atoms with Gasteiger partial charge < -0.3 is 9.88 Å². The van der Waals surface area contributed by atoms with Crippen LogP contribution in [-0.4, -0.2) is 32.0 Å². The lowest BCUT2D eigenvalue weighted by Crippen LogP contribution is -2.15. The summed E-state index contributed by atoms with van der Waals surface area (Å²) in [6.45, 7) is 0.558.